The summed E-state index contributed by atoms with van der Waals surface area (Å²) in [6.45, 7) is 0.504. The Morgan fingerprint density at radius 2 is 2.06 bits per heavy atom. The second-order valence-corrected chi connectivity index (χ2v) is 5.27. The standard InChI is InChI=1S/C14H14ClNOS/c1-17-11-3-2-4-12(8-11)18-14-6-5-10(9-16)7-13(14)15/h2-8H,9,16H2,1H3. The molecule has 0 bridgehead atoms. The number of hydrogen-bond acceptors (Lipinski definition) is 3. The number of halogens is 1. The van der Waals surface area contributed by atoms with Gasteiger partial charge in [0.2, 0.25) is 0 Å². The van der Waals surface area contributed by atoms with Crippen molar-refractivity contribution >= 4 is 23.4 Å². The molecule has 0 aliphatic rings. The van der Waals surface area contributed by atoms with Crippen LogP contribution in [0, 0.1) is 0 Å². The van der Waals surface area contributed by atoms with Crippen LogP contribution in [0.3, 0.4) is 0 Å². The minimum absolute atomic E-state index is 0.504. The van der Waals surface area contributed by atoms with Gasteiger partial charge in [0.15, 0.2) is 0 Å². The molecule has 2 aromatic carbocycles. The molecule has 0 atom stereocenters. The molecule has 2 aromatic rings. The molecular formula is C14H14ClNOS. The van der Waals surface area contributed by atoms with E-state index in [2.05, 4.69) is 0 Å². The van der Waals surface area contributed by atoms with E-state index in [1.165, 1.54) is 0 Å². The maximum atomic E-state index is 6.22. The smallest absolute Gasteiger partial charge is 0.119 e. The van der Waals surface area contributed by atoms with Crippen molar-refractivity contribution in [3.05, 3.63) is 53.1 Å². The molecule has 2 rings (SSSR count). The first kappa shape index (κ1) is 13.3. The van der Waals surface area contributed by atoms with Crippen molar-refractivity contribution in [2.24, 2.45) is 5.73 Å². The molecule has 0 saturated heterocycles. The van der Waals surface area contributed by atoms with Gasteiger partial charge in [-0.25, -0.2) is 0 Å². The third kappa shape index (κ3) is 3.19. The molecule has 4 heteroatoms. The Morgan fingerprint density at radius 1 is 1.22 bits per heavy atom. The van der Waals surface area contributed by atoms with Gasteiger partial charge in [-0.3, -0.25) is 0 Å². The molecule has 0 radical (unpaired) electrons. The van der Waals surface area contributed by atoms with Gasteiger partial charge in [-0.2, -0.15) is 0 Å². The van der Waals surface area contributed by atoms with Gasteiger partial charge in [-0.15, -0.1) is 0 Å². The van der Waals surface area contributed by atoms with Gasteiger partial charge >= 0.3 is 0 Å². The van der Waals surface area contributed by atoms with Gasteiger partial charge in [0.05, 0.1) is 12.1 Å². The lowest BCUT2D eigenvalue weighted by Gasteiger charge is -2.07. The third-order valence-corrected chi connectivity index (χ3v) is 3.99. The van der Waals surface area contributed by atoms with Crippen LogP contribution in [0.1, 0.15) is 5.56 Å². The second kappa shape index (κ2) is 6.14. The highest BCUT2D eigenvalue weighted by molar-refractivity contribution is 7.99. The van der Waals surface area contributed by atoms with Crippen LogP contribution >= 0.6 is 23.4 Å². The van der Waals surface area contributed by atoms with E-state index < -0.39 is 0 Å². The van der Waals surface area contributed by atoms with Crippen molar-refractivity contribution in [3.63, 3.8) is 0 Å². The van der Waals surface area contributed by atoms with Gasteiger partial charge in [0, 0.05) is 16.3 Å². The quantitative estimate of drug-likeness (QED) is 0.920. The lowest BCUT2D eigenvalue weighted by molar-refractivity contribution is 0.413. The molecule has 0 heterocycles. The third-order valence-electron chi connectivity index (χ3n) is 2.50. The summed E-state index contributed by atoms with van der Waals surface area (Å²) >= 11 is 7.83. The highest BCUT2D eigenvalue weighted by Gasteiger charge is 2.04. The molecule has 0 aliphatic carbocycles. The largest absolute Gasteiger partial charge is 0.497 e. The SMILES string of the molecule is COc1cccc(Sc2ccc(CN)cc2Cl)c1. The minimum Gasteiger partial charge on any atom is -0.497 e. The van der Waals surface area contributed by atoms with E-state index in [0.29, 0.717) is 6.54 Å². The molecule has 0 fully saturated rings. The van der Waals surface area contributed by atoms with Crippen LogP contribution in [0.4, 0.5) is 0 Å². The number of benzene rings is 2. The van der Waals surface area contributed by atoms with Crippen LogP contribution in [-0.2, 0) is 6.54 Å². The average molecular weight is 280 g/mol. The molecule has 0 saturated carbocycles. The lowest BCUT2D eigenvalue weighted by Crippen LogP contribution is -1.95. The number of nitrogens with two attached hydrogens (primary N) is 1. The number of ether oxygens (including phenoxy) is 1. The van der Waals surface area contributed by atoms with Crippen LogP contribution in [0.5, 0.6) is 5.75 Å². The van der Waals surface area contributed by atoms with Crippen molar-refractivity contribution in [1.82, 2.24) is 0 Å². The molecule has 0 aliphatic heterocycles. The van der Waals surface area contributed by atoms with Crippen molar-refractivity contribution in [2.75, 3.05) is 7.11 Å². The first-order valence-corrected chi connectivity index (χ1v) is 6.73. The predicted molar refractivity (Wildman–Crippen MR) is 76.5 cm³/mol. The normalized spacial score (nSPS) is 10.4. The van der Waals surface area contributed by atoms with Crippen LogP contribution in [-0.4, -0.2) is 7.11 Å². The fourth-order valence-corrected chi connectivity index (χ4v) is 2.73. The summed E-state index contributed by atoms with van der Waals surface area (Å²) in [6, 6.07) is 13.8. The first-order chi connectivity index (χ1) is 8.72. The predicted octanol–water partition coefficient (Wildman–Crippen LogP) is 3.96. The van der Waals surface area contributed by atoms with E-state index in [-0.39, 0.29) is 0 Å². The van der Waals surface area contributed by atoms with E-state index in [0.717, 1.165) is 26.1 Å². The summed E-state index contributed by atoms with van der Waals surface area (Å²) in [7, 11) is 1.66. The van der Waals surface area contributed by atoms with Crippen LogP contribution < -0.4 is 10.5 Å². The molecule has 18 heavy (non-hydrogen) atoms. The molecule has 94 valence electrons. The lowest BCUT2D eigenvalue weighted by atomic mass is 10.2. The van der Waals surface area contributed by atoms with E-state index >= 15 is 0 Å². The fraction of sp³-hybridized carbons (Fsp3) is 0.143. The van der Waals surface area contributed by atoms with Crippen molar-refractivity contribution in [2.45, 2.75) is 16.3 Å². The number of hydrogen-bond donors (Lipinski definition) is 1. The van der Waals surface area contributed by atoms with E-state index in [1.807, 2.05) is 42.5 Å². The van der Waals surface area contributed by atoms with Gasteiger partial charge < -0.3 is 10.5 Å². The Labute approximate surface area is 116 Å². The monoisotopic (exact) mass is 279 g/mol. The van der Waals surface area contributed by atoms with Crippen LogP contribution in [0.15, 0.2) is 52.3 Å². The fourth-order valence-electron chi connectivity index (χ4n) is 1.55. The Balaban J connectivity index is 2.22. The molecule has 0 aromatic heterocycles. The van der Waals surface area contributed by atoms with Crippen LogP contribution in [0.2, 0.25) is 5.02 Å². The molecule has 0 unspecified atom stereocenters. The summed E-state index contributed by atoms with van der Waals surface area (Å²) in [5, 5.41) is 0.728. The zero-order valence-electron chi connectivity index (χ0n) is 10.0. The summed E-state index contributed by atoms with van der Waals surface area (Å²) in [4.78, 5) is 2.11. The van der Waals surface area contributed by atoms with E-state index in [1.54, 1.807) is 18.9 Å². The highest BCUT2D eigenvalue weighted by Crippen LogP contribution is 2.35. The zero-order chi connectivity index (χ0) is 13.0. The second-order valence-electron chi connectivity index (χ2n) is 3.75. The van der Waals surface area contributed by atoms with Gasteiger partial charge in [-0.1, -0.05) is 35.5 Å². The topological polar surface area (TPSA) is 35.2 Å². The molecular weight excluding hydrogens is 266 g/mol. The van der Waals surface area contributed by atoms with Crippen molar-refractivity contribution in [3.8, 4) is 5.75 Å². The summed E-state index contributed by atoms with van der Waals surface area (Å²) in [5.74, 6) is 0.842. The minimum atomic E-state index is 0.504. The number of rotatable bonds is 4. The average Bonchev–Trinajstić information content (AvgIpc) is 2.41. The maximum Gasteiger partial charge on any atom is 0.119 e. The van der Waals surface area contributed by atoms with Crippen molar-refractivity contribution in [1.29, 1.82) is 0 Å². The van der Waals surface area contributed by atoms with E-state index in [9.17, 15) is 0 Å². The van der Waals surface area contributed by atoms with Gasteiger partial charge in [0.25, 0.3) is 0 Å². The Morgan fingerprint density at radius 3 is 2.72 bits per heavy atom. The first-order valence-electron chi connectivity index (χ1n) is 5.53. The maximum absolute atomic E-state index is 6.22. The highest BCUT2D eigenvalue weighted by atomic mass is 35.5. The summed E-state index contributed by atoms with van der Waals surface area (Å²) in [5.41, 5.74) is 6.61. The molecule has 2 nitrogen and oxygen atoms in total. The molecule has 0 amide bonds. The van der Waals surface area contributed by atoms with E-state index in [4.69, 9.17) is 22.1 Å². The summed E-state index contributed by atoms with van der Waals surface area (Å²) < 4.78 is 5.20. The number of methoxy groups -OCH3 is 1. The molecule has 2 N–H and O–H groups in total. The Kier molecular flexibility index (Phi) is 4.53. The Bertz CT molecular complexity index is 545. The van der Waals surface area contributed by atoms with Crippen LogP contribution in [0.25, 0.3) is 0 Å². The van der Waals surface area contributed by atoms with Gasteiger partial charge in [-0.05, 0) is 35.9 Å². The van der Waals surface area contributed by atoms with Crippen molar-refractivity contribution < 1.29 is 4.74 Å². The van der Waals surface area contributed by atoms with Gasteiger partial charge in [0.1, 0.15) is 5.75 Å². The Hall–Kier alpha value is -1.16. The molecule has 0 spiro atoms. The summed E-state index contributed by atoms with van der Waals surface area (Å²) in [6.07, 6.45) is 0. The zero-order valence-corrected chi connectivity index (χ0v) is 11.6.